The Balaban J connectivity index is 2.52. The zero-order valence-electron chi connectivity index (χ0n) is 8.95. The van der Waals surface area contributed by atoms with Gasteiger partial charge in [-0.15, -0.1) is 6.58 Å². The minimum Gasteiger partial charge on any atom is -0.271 e. The van der Waals surface area contributed by atoms with Gasteiger partial charge < -0.3 is 0 Å². The van der Waals surface area contributed by atoms with Crippen molar-refractivity contribution in [3.8, 4) is 0 Å². The van der Waals surface area contributed by atoms with Gasteiger partial charge in [0.2, 0.25) is 0 Å². The molecule has 0 aromatic rings. The van der Waals surface area contributed by atoms with Crippen molar-refractivity contribution in [2.75, 3.05) is 11.5 Å². The number of rotatable bonds is 4. The molecule has 1 aliphatic heterocycles. The summed E-state index contributed by atoms with van der Waals surface area (Å²) in [4.78, 5) is 0. The van der Waals surface area contributed by atoms with Crippen molar-refractivity contribution in [1.29, 1.82) is 0 Å². The van der Waals surface area contributed by atoms with Gasteiger partial charge in [0.15, 0.2) is 0 Å². The topological polar surface area (TPSA) is 38.0 Å². The van der Waals surface area contributed by atoms with Crippen LogP contribution >= 0.6 is 23.5 Å². The first-order valence-corrected chi connectivity index (χ1v) is 7.08. The molecule has 0 saturated carbocycles. The fourth-order valence-electron chi connectivity index (χ4n) is 1.74. The van der Waals surface area contributed by atoms with E-state index in [4.69, 9.17) is 5.84 Å². The van der Waals surface area contributed by atoms with Crippen molar-refractivity contribution in [3.63, 3.8) is 0 Å². The van der Waals surface area contributed by atoms with E-state index >= 15 is 0 Å². The van der Waals surface area contributed by atoms with E-state index < -0.39 is 0 Å². The number of nitrogens with two attached hydrogens (primary N) is 1. The molecule has 1 heterocycles. The fourth-order valence-corrected chi connectivity index (χ4v) is 4.68. The Bertz CT molecular complexity index is 197. The van der Waals surface area contributed by atoms with Crippen molar-refractivity contribution in [2.24, 2.45) is 5.84 Å². The van der Waals surface area contributed by atoms with Crippen LogP contribution < -0.4 is 11.3 Å². The molecule has 1 saturated heterocycles. The van der Waals surface area contributed by atoms with Gasteiger partial charge in [0.05, 0.1) is 0 Å². The molecule has 0 amide bonds. The van der Waals surface area contributed by atoms with E-state index in [-0.39, 0.29) is 0 Å². The van der Waals surface area contributed by atoms with E-state index in [9.17, 15) is 0 Å². The Kier molecular flexibility index (Phi) is 5.38. The SMILES string of the molecule is C=C(C)CC(NN)C1SCCSC1C. The van der Waals surface area contributed by atoms with Gasteiger partial charge in [-0.2, -0.15) is 23.5 Å². The summed E-state index contributed by atoms with van der Waals surface area (Å²) in [5.74, 6) is 8.12. The zero-order chi connectivity index (χ0) is 10.6. The van der Waals surface area contributed by atoms with E-state index in [0.717, 1.165) is 6.42 Å². The highest BCUT2D eigenvalue weighted by molar-refractivity contribution is 8.07. The monoisotopic (exact) mass is 232 g/mol. The Morgan fingerprint density at radius 3 is 2.71 bits per heavy atom. The van der Waals surface area contributed by atoms with Gasteiger partial charge in [0.1, 0.15) is 0 Å². The van der Waals surface area contributed by atoms with Crippen LogP contribution in [0.1, 0.15) is 20.3 Å². The lowest BCUT2D eigenvalue weighted by Gasteiger charge is -2.34. The Morgan fingerprint density at radius 1 is 1.57 bits per heavy atom. The fraction of sp³-hybridized carbons (Fsp3) is 0.800. The molecule has 14 heavy (non-hydrogen) atoms. The first kappa shape index (κ1) is 12.4. The lowest BCUT2D eigenvalue weighted by molar-refractivity contribution is 0.500. The van der Waals surface area contributed by atoms with Gasteiger partial charge in [-0.05, 0) is 13.3 Å². The van der Waals surface area contributed by atoms with Crippen molar-refractivity contribution in [2.45, 2.75) is 36.8 Å². The summed E-state index contributed by atoms with van der Waals surface area (Å²) < 4.78 is 0. The highest BCUT2D eigenvalue weighted by Crippen LogP contribution is 2.34. The van der Waals surface area contributed by atoms with Crippen LogP contribution in [0.15, 0.2) is 12.2 Å². The van der Waals surface area contributed by atoms with Gasteiger partial charge in [0, 0.05) is 28.0 Å². The second-order valence-corrected chi connectivity index (χ2v) is 6.62. The molecule has 4 heteroatoms. The predicted molar refractivity (Wildman–Crippen MR) is 68.7 cm³/mol. The van der Waals surface area contributed by atoms with Crippen molar-refractivity contribution >= 4 is 23.5 Å². The maximum absolute atomic E-state index is 5.60. The molecule has 3 unspecified atom stereocenters. The summed E-state index contributed by atoms with van der Waals surface area (Å²) in [6.45, 7) is 8.31. The molecule has 3 atom stereocenters. The summed E-state index contributed by atoms with van der Waals surface area (Å²) in [6.07, 6.45) is 0.985. The van der Waals surface area contributed by atoms with Crippen LogP contribution in [0.25, 0.3) is 0 Å². The van der Waals surface area contributed by atoms with Crippen LogP contribution in [-0.4, -0.2) is 28.0 Å². The minimum absolute atomic E-state index is 0.375. The molecule has 0 aliphatic carbocycles. The predicted octanol–water partition coefficient (Wildman–Crippen LogP) is 2.02. The zero-order valence-corrected chi connectivity index (χ0v) is 10.6. The molecule has 0 bridgehead atoms. The molecule has 2 nitrogen and oxygen atoms in total. The van der Waals surface area contributed by atoms with Crippen molar-refractivity contribution < 1.29 is 0 Å². The maximum atomic E-state index is 5.60. The maximum Gasteiger partial charge on any atom is 0.0376 e. The molecular formula is C10H20N2S2. The average Bonchev–Trinajstić information content (AvgIpc) is 2.15. The summed E-state index contributed by atoms with van der Waals surface area (Å²) in [7, 11) is 0. The minimum atomic E-state index is 0.375. The standard InChI is InChI=1S/C10H20N2S2/c1-7(2)6-9(12-11)10-8(3)13-4-5-14-10/h8-10,12H,1,4-6,11H2,2-3H3. The summed E-state index contributed by atoms with van der Waals surface area (Å²) in [5, 5.41) is 1.31. The van der Waals surface area contributed by atoms with Gasteiger partial charge in [0.25, 0.3) is 0 Å². The van der Waals surface area contributed by atoms with Crippen LogP contribution in [0, 0.1) is 0 Å². The molecule has 1 fully saturated rings. The molecular weight excluding hydrogens is 212 g/mol. The third-order valence-corrected chi connectivity index (χ3v) is 5.67. The number of hydrogen-bond donors (Lipinski definition) is 2. The van der Waals surface area contributed by atoms with E-state index in [2.05, 4.69) is 37.6 Å². The summed E-state index contributed by atoms with van der Waals surface area (Å²) in [5.41, 5.74) is 4.14. The molecule has 0 aromatic carbocycles. The molecule has 1 aliphatic rings. The van der Waals surface area contributed by atoms with Crippen molar-refractivity contribution in [1.82, 2.24) is 5.43 Å². The van der Waals surface area contributed by atoms with Crippen LogP contribution in [0.4, 0.5) is 0 Å². The van der Waals surface area contributed by atoms with Crippen LogP contribution in [-0.2, 0) is 0 Å². The molecule has 0 spiro atoms. The van der Waals surface area contributed by atoms with Crippen LogP contribution in [0.5, 0.6) is 0 Å². The molecule has 3 N–H and O–H groups in total. The highest BCUT2D eigenvalue weighted by Gasteiger charge is 2.29. The number of hydrazine groups is 1. The van der Waals surface area contributed by atoms with Gasteiger partial charge in [-0.3, -0.25) is 11.3 Å². The van der Waals surface area contributed by atoms with E-state index in [0.29, 0.717) is 16.5 Å². The molecule has 1 rings (SSSR count). The Hall–Kier alpha value is 0.360. The van der Waals surface area contributed by atoms with Crippen molar-refractivity contribution in [3.05, 3.63) is 12.2 Å². The molecule has 0 radical (unpaired) electrons. The highest BCUT2D eigenvalue weighted by atomic mass is 32.2. The van der Waals surface area contributed by atoms with Gasteiger partial charge >= 0.3 is 0 Å². The van der Waals surface area contributed by atoms with Crippen LogP contribution in [0.3, 0.4) is 0 Å². The van der Waals surface area contributed by atoms with E-state index in [1.807, 2.05) is 11.8 Å². The Morgan fingerprint density at radius 2 is 2.21 bits per heavy atom. The van der Waals surface area contributed by atoms with Gasteiger partial charge in [-0.25, -0.2) is 0 Å². The largest absolute Gasteiger partial charge is 0.271 e. The lowest BCUT2D eigenvalue weighted by Crippen LogP contribution is -2.47. The first-order chi connectivity index (χ1) is 6.65. The summed E-state index contributed by atoms with van der Waals surface area (Å²) >= 11 is 4.09. The Labute approximate surface area is 95.4 Å². The second kappa shape index (κ2) is 6.05. The average molecular weight is 232 g/mol. The van der Waals surface area contributed by atoms with E-state index in [1.54, 1.807) is 0 Å². The third kappa shape index (κ3) is 3.50. The van der Waals surface area contributed by atoms with E-state index in [1.165, 1.54) is 17.1 Å². The number of hydrogen-bond acceptors (Lipinski definition) is 4. The third-order valence-electron chi connectivity index (χ3n) is 2.42. The molecule has 82 valence electrons. The normalized spacial score (nSPS) is 29.9. The number of nitrogens with one attached hydrogen (secondary N) is 1. The number of thioether (sulfide) groups is 2. The molecule has 0 aromatic heterocycles. The smallest absolute Gasteiger partial charge is 0.0376 e. The quantitative estimate of drug-likeness (QED) is 0.442. The first-order valence-electron chi connectivity index (χ1n) is 4.99. The van der Waals surface area contributed by atoms with Crippen LogP contribution in [0.2, 0.25) is 0 Å². The lowest BCUT2D eigenvalue weighted by atomic mass is 10.0. The van der Waals surface area contributed by atoms with Gasteiger partial charge in [-0.1, -0.05) is 12.5 Å². The summed E-state index contributed by atoms with van der Waals surface area (Å²) in [6, 6.07) is 0.375. The second-order valence-electron chi connectivity index (χ2n) is 3.85.